The van der Waals surface area contributed by atoms with Crippen LogP contribution in [0.3, 0.4) is 0 Å². The molecule has 2 aromatic rings. The molecule has 2 rings (SSSR count). The number of carbonyl (C=O) groups is 1. The lowest BCUT2D eigenvalue weighted by Gasteiger charge is -2.02. The van der Waals surface area contributed by atoms with Gasteiger partial charge in [-0.1, -0.05) is 0 Å². The molecule has 0 spiro atoms. The summed E-state index contributed by atoms with van der Waals surface area (Å²) in [5, 5.41) is 4.09. The van der Waals surface area contributed by atoms with Crippen molar-refractivity contribution in [1.29, 1.82) is 0 Å². The van der Waals surface area contributed by atoms with Gasteiger partial charge in [0.15, 0.2) is 5.69 Å². The highest BCUT2D eigenvalue weighted by Crippen LogP contribution is 2.10. The number of aryl methyl sites for hydroxylation is 2. The molecule has 96 valence electrons. The fourth-order valence-electron chi connectivity index (χ4n) is 1.64. The number of hydrogen-bond acceptors (Lipinski definition) is 5. The first-order chi connectivity index (χ1) is 8.70. The number of ether oxygens (including phenoxy) is 1. The number of methoxy groups -OCH3 is 1. The largest absolute Gasteiger partial charge is 0.464 e. The number of aromatic nitrogens is 4. The van der Waals surface area contributed by atoms with Crippen molar-refractivity contribution in [3.8, 4) is 0 Å². The molecule has 0 aromatic carbocycles. The van der Waals surface area contributed by atoms with E-state index in [0.717, 1.165) is 13.0 Å². The van der Waals surface area contributed by atoms with Gasteiger partial charge < -0.3 is 15.0 Å². The SMILES string of the molecule is COC(=O)c1nn(CCCn2ccnc2)cc1N. The highest BCUT2D eigenvalue weighted by atomic mass is 16.5. The first-order valence-electron chi connectivity index (χ1n) is 5.57. The van der Waals surface area contributed by atoms with Crippen LogP contribution in [0.25, 0.3) is 0 Å². The van der Waals surface area contributed by atoms with Crippen molar-refractivity contribution < 1.29 is 9.53 Å². The van der Waals surface area contributed by atoms with Gasteiger partial charge in [0.05, 0.1) is 19.1 Å². The van der Waals surface area contributed by atoms with Crippen LogP contribution in [-0.2, 0) is 17.8 Å². The zero-order valence-corrected chi connectivity index (χ0v) is 10.1. The van der Waals surface area contributed by atoms with Gasteiger partial charge in [0, 0.05) is 31.7 Å². The minimum Gasteiger partial charge on any atom is -0.464 e. The van der Waals surface area contributed by atoms with Crippen LogP contribution in [0.15, 0.2) is 24.9 Å². The number of anilines is 1. The Kier molecular flexibility index (Phi) is 3.61. The fraction of sp³-hybridized carbons (Fsp3) is 0.364. The van der Waals surface area contributed by atoms with E-state index < -0.39 is 5.97 Å². The zero-order valence-electron chi connectivity index (χ0n) is 10.1. The number of carbonyl (C=O) groups excluding carboxylic acids is 1. The van der Waals surface area contributed by atoms with Gasteiger partial charge in [0.1, 0.15) is 0 Å². The number of nitrogen functional groups attached to an aromatic ring is 1. The number of esters is 1. The minimum atomic E-state index is -0.513. The molecule has 0 saturated heterocycles. The minimum absolute atomic E-state index is 0.167. The molecule has 0 bridgehead atoms. The van der Waals surface area contributed by atoms with Gasteiger partial charge >= 0.3 is 5.97 Å². The third-order valence-electron chi connectivity index (χ3n) is 2.53. The van der Waals surface area contributed by atoms with E-state index in [-0.39, 0.29) is 5.69 Å². The average molecular weight is 249 g/mol. The van der Waals surface area contributed by atoms with Crippen molar-refractivity contribution in [2.24, 2.45) is 0 Å². The van der Waals surface area contributed by atoms with Crippen LogP contribution >= 0.6 is 0 Å². The Morgan fingerprint density at radius 3 is 3.00 bits per heavy atom. The van der Waals surface area contributed by atoms with Crippen LogP contribution in [0.5, 0.6) is 0 Å². The Labute approximate surface area is 104 Å². The van der Waals surface area contributed by atoms with Gasteiger partial charge in [-0.2, -0.15) is 5.10 Å². The highest BCUT2D eigenvalue weighted by molar-refractivity contribution is 5.92. The molecule has 7 heteroatoms. The summed E-state index contributed by atoms with van der Waals surface area (Å²) in [5.41, 5.74) is 6.19. The molecule has 2 heterocycles. The molecule has 0 fully saturated rings. The quantitative estimate of drug-likeness (QED) is 0.781. The maximum absolute atomic E-state index is 11.3. The maximum atomic E-state index is 11.3. The molecule has 0 aliphatic carbocycles. The molecule has 2 aromatic heterocycles. The van der Waals surface area contributed by atoms with Crippen LogP contribution in [0.2, 0.25) is 0 Å². The van der Waals surface area contributed by atoms with Gasteiger partial charge in [0.25, 0.3) is 0 Å². The summed E-state index contributed by atoms with van der Waals surface area (Å²) in [4.78, 5) is 15.3. The van der Waals surface area contributed by atoms with E-state index in [4.69, 9.17) is 5.73 Å². The Morgan fingerprint density at radius 2 is 2.33 bits per heavy atom. The smallest absolute Gasteiger partial charge is 0.360 e. The van der Waals surface area contributed by atoms with E-state index in [9.17, 15) is 4.79 Å². The summed E-state index contributed by atoms with van der Waals surface area (Å²) in [6.45, 7) is 1.52. The van der Waals surface area contributed by atoms with Crippen molar-refractivity contribution in [2.75, 3.05) is 12.8 Å². The molecule has 2 N–H and O–H groups in total. The lowest BCUT2D eigenvalue weighted by Crippen LogP contribution is -2.07. The Bertz CT molecular complexity index is 518. The van der Waals surface area contributed by atoms with Crippen molar-refractivity contribution in [2.45, 2.75) is 19.5 Å². The van der Waals surface area contributed by atoms with Crippen LogP contribution in [0, 0.1) is 0 Å². The summed E-state index contributed by atoms with van der Waals surface area (Å²) in [7, 11) is 1.31. The monoisotopic (exact) mass is 249 g/mol. The third-order valence-corrected chi connectivity index (χ3v) is 2.53. The van der Waals surface area contributed by atoms with Crippen molar-refractivity contribution in [1.82, 2.24) is 19.3 Å². The Balaban J connectivity index is 1.92. The summed E-state index contributed by atoms with van der Waals surface area (Å²) >= 11 is 0. The predicted molar refractivity (Wildman–Crippen MR) is 64.8 cm³/mol. The van der Waals surface area contributed by atoms with E-state index in [1.807, 2.05) is 10.8 Å². The van der Waals surface area contributed by atoms with E-state index in [1.54, 1.807) is 23.4 Å². The van der Waals surface area contributed by atoms with Gasteiger partial charge in [-0.15, -0.1) is 0 Å². The van der Waals surface area contributed by atoms with Gasteiger partial charge in [0.2, 0.25) is 0 Å². The number of nitrogens with two attached hydrogens (primary N) is 1. The molecule has 0 aliphatic heterocycles. The van der Waals surface area contributed by atoms with Gasteiger partial charge in [-0.25, -0.2) is 9.78 Å². The van der Waals surface area contributed by atoms with Crippen molar-refractivity contribution >= 4 is 11.7 Å². The Hall–Kier alpha value is -2.31. The van der Waals surface area contributed by atoms with Crippen molar-refractivity contribution in [3.63, 3.8) is 0 Å². The predicted octanol–water partition coefficient (Wildman–Crippen LogP) is 0.539. The number of rotatable bonds is 5. The van der Waals surface area contributed by atoms with E-state index in [2.05, 4.69) is 14.8 Å². The molecule has 18 heavy (non-hydrogen) atoms. The summed E-state index contributed by atoms with van der Waals surface area (Å²) in [6.07, 6.45) is 7.91. The number of imidazole rings is 1. The van der Waals surface area contributed by atoms with Crippen LogP contribution in [0.1, 0.15) is 16.9 Å². The zero-order chi connectivity index (χ0) is 13.0. The van der Waals surface area contributed by atoms with Crippen molar-refractivity contribution in [3.05, 3.63) is 30.6 Å². The van der Waals surface area contributed by atoms with Crippen LogP contribution in [-0.4, -0.2) is 32.4 Å². The molecular weight excluding hydrogens is 234 g/mol. The molecule has 0 atom stereocenters. The maximum Gasteiger partial charge on any atom is 0.360 e. The lowest BCUT2D eigenvalue weighted by molar-refractivity contribution is 0.0594. The lowest BCUT2D eigenvalue weighted by atomic mass is 10.4. The third kappa shape index (κ3) is 2.68. The van der Waals surface area contributed by atoms with Crippen LogP contribution < -0.4 is 5.73 Å². The normalized spacial score (nSPS) is 10.5. The van der Waals surface area contributed by atoms with E-state index >= 15 is 0 Å². The second-order valence-electron chi connectivity index (χ2n) is 3.84. The molecule has 0 radical (unpaired) electrons. The molecule has 0 saturated carbocycles. The number of nitrogens with zero attached hydrogens (tertiary/aromatic N) is 4. The molecule has 0 amide bonds. The average Bonchev–Trinajstić information content (AvgIpc) is 2.98. The van der Waals surface area contributed by atoms with Gasteiger partial charge in [-0.05, 0) is 6.42 Å². The Morgan fingerprint density at radius 1 is 1.50 bits per heavy atom. The topological polar surface area (TPSA) is 88.0 Å². The molecule has 7 nitrogen and oxygen atoms in total. The number of hydrogen-bond donors (Lipinski definition) is 1. The van der Waals surface area contributed by atoms with E-state index in [0.29, 0.717) is 12.2 Å². The first kappa shape index (κ1) is 12.2. The van der Waals surface area contributed by atoms with E-state index in [1.165, 1.54) is 7.11 Å². The second-order valence-corrected chi connectivity index (χ2v) is 3.84. The molecule has 0 unspecified atom stereocenters. The second kappa shape index (κ2) is 5.35. The highest BCUT2D eigenvalue weighted by Gasteiger charge is 2.14. The first-order valence-corrected chi connectivity index (χ1v) is 5.57. The summed E-state index contributed by atoms with van der Waals surface area (Å²) in [6, 6.07) is 0. The molecular formula is C11H15N5O2. The summed E-state index contributed by atoms with van der Waals surface area (Å²) < 4.78 is 8.22. The standard InChI is InChI=1S/C11H15N5O2/c1-18-11(17)10-9(12)7-16(14-10)5-2-4-15-6-3-13-8-15/h3,6-8H,2,4-5,12H2,1H3. The molecule has 0 aliphatic rings. The van der Waals surface area contributed by atoms with Crippen LogP contribution in [0.4, 0.5) is 5.69 Å². The fourth-order valence-corrected chi connectivity index (χ4v) is 1.64. The van der Waals surface area contributed by atoms with Gasteiger partial charge in [-0.3, -0.25) is 4.68 Å². The summed E-state index contributed by atoms with van der Waals surface area (Å²) in [5.74, 6) is -0.513.